The fourth-order valence-corrected chi connectivity index (χ4v) is 9.52. The summed E-state index contributed by atoms with van der Waals surface area (Å²) in [5.74, 6) is -1.28. The highest BCUT2D eigenvalue weighted by molar-refractivity contribution is 5.24. The predicted octanol–water partition coefficient (Wildman–Crippen LogP) is 1.44. The standard InChI is InChI=1S/C27H48O7/c1-14(13-28)6-5-7-15(2)19-21(31)22(32)23-26(19,4)11-9-18-25(3)10-8-16(29)12-17(25)20(30)24(33)27(18,23)34/h14-24,28-34H,5-13H2,1-4H3/t14?,15?,16-,17+,18+,19-,20+,21+,22-,23+,24-,25-,26+,27-/m0/s1. The van der Waals surface area contributed by atoms with Crippen LogP contribution in [0.5, 0.6) is 0 Å². The van der Waals surface area contributed by atoms with Crippen molar-refractivity contribution < 1.29 is 35.7 Å². The van der Waals surface area contributed by atoms with Crippen molar-refractivity contribution in [2.75, 3.05) is 6.61 Å². The molecule has 14 atom stereocenters. The molecule has 0 aromatic heterocycles. The van der Waals surface area contributed by atoms with E-state index in [0.29, 0.717) is 25.7 Å². The van der Waals surface area contributed by atoms with Gasteiger partial charge in [0.1, 0.15) is 11.7 Å². The van der Waals surface area contributed by atoms with Crippen molar-refractivity contribution in [3.63, 3.8) is 0 Å². The van der Waals surface area contributed by atoms with Crippen LogP contribution in [0.4, 0.5) is 0 Å². The molecule has 0 aromatic carbocycles. The van der Waals surface area contributed by atoms with Crippen LogP contribution in [0.25, 0.3) is 0 Å². The summed E-state index contributed by atoms with van der Waals surface area (Å²) in [6.07, 6.45) is 0.370. The van der Waals surface area contributed by atoms with Gasteiger partial charge in [0, 0.05) is 12.5 Å². The molecule has 0 aliphatic heterocycles. The number of aliphatic hydroxyl groups excluding tert-OH is 6. The quantitative estimate of drug-likeness (QED) is 0.302. The van der Waals surface area contributed by atoms with Crippen molar-refractivity contribution in [2.45, 2.75) is 115 Å². The maximum absolute atomic E-state index is 12.3. The highest BCUT2D eigenvalue weighted by Gasteiger charge is 2.75. The minimum Gasteiger partial charge on any atom is -0.396 e. The number of hydrogen-bond acceptors (Lipinski definition) is 7. The zero-order valence-electron chi connectivity index (χ0n) is 21.3. The van der Waals surface area contributed by atoms with Gasteiger partial charge in [-0.2, -0.15) is 0 Å². The summed E-state index contributed by atoms with van der Waals surface area (Å²) >= 11 is 0. The predicted molar refractivity (Wildman–Crippen MR) is 128 cm³/mol. The third-order valence-electron chi connectivity index (χ3n) is 11.2. The van der Waals surface area contributed by atoms with Crippen molar-refractivity contribution in [1.29, 1.82) is 0 Å². The molecule has 7 N–H and O–H groups in total. The van der Waals surface area contributed by atoms with E-state index in [4.69, 9.17) is 0 Å². The average molecular weight is 485 g/mol. The van der Waals surface area contributed by atoms with Crippen LogP contribution in [0.15, 0.2) is 0 Å². The lowest BCUT2D eigenvalue weighted by Crippen LogP contribution is -2.75. The summed E-state index contributed by atoms with van der Waals surface area (Å²) in [5.41, 5.74) is -2.74. The molecule has 0 spiro atoms. The Morgan fingerprint density at radius 1 is 0.853 bits per heavy atom. The van der Waals surface area contributed by atoms with Gasteiger partial charge >= 0.3 is 0 Å². The van der Waals surface area contributed by atoms with Gasteiger partial charge in [0.05, 0.1) is 24.4 Å². The van der Waals surface area contributed by atoms with Gasteiger partial charge in [0.25, 0.3) is 0 Å². The molecule has 0 heterocycles. The third kappa shape index (κ3) is 3.72. The van der Waals surface area contributed by atoms with Crippen molar-refractivity contribution >= 4 is 0 Å². The Morgan fingerprint density at radius 3 is 2.15 bits per heavy atom. The van der Waals surface area contributed by atoms with E-state index in [1.165, 1.54) is 0 Å². The molecule has 4 aliphatic rings. The molecule has 0 saturated heterocycles. The lowest BCUT2D eigenvalue weighted by atomic mass is 9.41. The molecule has 0 aromatic rings. The molecule has 7 heteroatoms. The summed E-state index contributed by atoms with van der Waals surface area (Å²) in [6.45, 7) is 8.38. The highest BCUT2D eigenvalue weighted by atomic mass is 16.4. The Kier molecular flexibility index (Phi) is 7.27. The molecular weight excluding hydrogens is 436 g/mol. The van der Waals surface area contributed by atoms with Crippen molar-refractivity contribution in [3.8, 4) is 0 Å². The fourth-order valence-electron chi connectivity index (χ4n) is 9.52. The molecule has 4 saturated carbocycles. The van der Waals surface area contributed by atoms with Gasteiger partial charge in [-0.05, 0) is 78.9 Å². The van der Waals surface area contributed by atoms with Gasteiger partial charge in [0.15, 0.2) is 0 Å². The van der Waals surface area contributed by atoms with Crippen LogP contribution < -0.4 is 0 Å². The van der Waals surface area contributed by atoms with E-state index < -0.39 is 52.9 Å². The lowest BCUT2D eigenvalue weighted by Gasteiger charge is -2.67. The first-order chi connectivity index (χ1) is 15.8. The van der Waals surface area contributed by atoms with Crippen LogP contribution in [-0.4, -0.2) is 78.5 Å². The van der Waals surface area contributed by atoms with Crippen LogP contribution in [0, 0.1) is 46.3 Å². The third-order valence-corrected chi connectivity index (χ3v) is 11.2. The second-order valence-electron chi connectivity index (χ2n) is 13.1. The zero-order valence-corrected chi connectivity index (χ0v) is 21.3. The average Bonchev–Trinajstić information content (AvgIpc) is 2.99. The monoisotopic (exact) mass is 484 g/mol. The Balaban J connectivity index is 1.66. The minimum atomic E-state index is -1.71. The number of rotatable bonds is 6. The molecule has 4 aliphatic carbocycles. The van der Waals surface area contributed by atoms with Gasteiger partial charge in [-0.15, -0.1) is 0 Å². The van der Waals surface area contributed by atoms with Gasteiger partial charge in [-0.3, -0.25) is 0 Å². The lowest BCUT2D eigenvalue weighted by molar-refractivity contribution is -0.309. The van der Waals surface area contributed by atoms with Crippen LogP contribution >= 0.6 is 0 Å². The first kappa shape index (κ1) is 26.8. The van der Waals surface area contributed by atoms with Gasteiger partial charge in [-0.25, -0.2) is 0 Å². The topological polar surface area (TPSA) is 142 Å². The second kappa shape index (κ2) is 9.23. The summed E-state index contributed by atoms with van der Waals surface area (Å²) in [5, 5.41) is 77.2. The van der Waals surface area contributed by atoms with E-state index in [9.17, 15) is 35.7 Å². The van der Waals surface area contributed by atoms with Gasteiger partial charge in [0.2, 0.25) is 0 Å². The molecule has 198 valence electrons. The summed E-state index contributed by atoms with van der Waals surface area (Å²) in [6, 6.07) is 0. The molecule has 2 unspecified atom stereocenters. The largest absolute Gasteiger partial charge is 0.396 e. The summed E-state index contributed by atoms with van der Waals surface area (Å²) in [7, 11) is 0. The molecular formula is C27H48O7. The molecule has 34 heavy (non-hydrogen) atoms. The zero-order chi connectivity index (χ0) is 25.2. The normalized spacial score (nSPS) is 54.6. The Hall–Kier alpha value is -0.280. The van der Waals surface area contributed by atoms with E-state index in [-0.39, 0.29) is 36.2 Å². The Bertz CT molecular complexity index is 734. The molecule has 4 fully saturated rings. The van der Waals surface area contributed by atoms with Crippen LogP contribution in [0.3, 0.4) is 0 Å². The van der Waals surface area contributed by atoms with E-state index in [1.54, 1.807) is 0 Å². The maximum Gasteiger partial charge on any atom is 0.109 e. The number of fused-ring (bicyclic) bond motifs is 5. The summed E-state index contributed by atoms with van der Waals surface area (Å²) in [4.78, 5) is 0. The molecule has 0 bridgehead atoms. The smallest absolute Gasteiger partial charge is 0.109 e. The number of hydrogen-bond donors (Lipinski definition) is 7. The van der Waals surface area contributed by atoms with Gasteiger partial charge < -0.3 is 35.7 Å². The minimum absolute atomic E-state index is 0.101. The summed E-state index contributed by atoms with van der Waals surface area (Å²) < 4.78 is 0. The molecule has 0 radical (unpaired) electrons. The first-order valence-electron chi connectivity index (χ1n) is 13.6. The SMILES string of the molecule is CC(CO)CCCC(C)[C@H]1[C@@H](O)[C@H](O)[C@@H]2[C@]1(C)CC[C@@H]1[C@@]3(C)CC[C@H](O)C[C@@H]3[C@@H](O)[C@H](O)[C@]12O. The molecule has 0 amide bonds. The maximum atomic E-state index is 12.3. The number of aliphatic hydroxyl groups is 7. The second-order valence-corrected chi connectivity index (χ2v) is 13.1. The first-order valence-corrected chi connectivity index (χ1v) is 13.6. The molecule has 4 rings (SSSR count). The van der Waals surface area contributed by atoms with E-state index in [1.807, 2.05) is 13.8 Å². The van der Waals surface area contributed by atoms with Crippen molar-refractivity contribution in [2.24, 2.45) is 46.3 Å². The van der Waals surface area contributed by atoms with Crippen LogP contribution in [-0.2, 0) is 0 Å². The van der Waals surface area contributed by atoms with E-state index in [2.05, 4.69) is 13.8 Å². The molecule has 7 nitrogen and oxygen atoms in total. The van der Waals surface area contributed by atoms with Gasteiger partial charge in [-0.1, -0.05) is 40.5 Å². The van der Waals surface area contributed by atoms with E-state index >= 15 is 0 Å². The van der Waals surface area contributed by atoms with Crippen molar-refractivity contribution in [1.82, 2.24) is 0 Å². The van der Waals surface area contributed by atoms with E-state index in [0.717, 1.165) is 25.7 Å². The van der Waals surface area contributed by atoms with Crippen LogP contribution in [0.2, 0.25) is 0 Å². The highest BCUT2D eigenvalue weighted by Crippen LogP contribution is 2.69. The van der Waals surface area contributed by atoms with Crippen LogP contribution in [0.1, 0.15) is 79.1 Å². The fraction of sp³-hybridized carbons (Fsp3) is 1.00. The van der Waals surface area contributed by atoms with Crippen molar-refractivity contribution in [3.05, 3.63) is 0 Å². The Morgan fingerprint density at radius 2 is 1.50 bits per heavy atom. The Labute approximate surface area is 204 Å².